The van der Waals surface area contributed by atoms with Crippen LogP contribution in [-0.2, 0) is 4.74 Å². The molecule has 0 saturated carbocycles. The Balaban J connectivity index is 2.96. The molecule has 0 aliphatic heterocycles. The van der Waals surface area contributed by atoms with Crippen molar-refractivity contribution in [1.82, 2.24) is 0 Å². The van der Waals surface area contributed by atoms with Crippen LogP contribution in [0.4, 0.5) is 0 Å². The second-order valence-electron chi connectivity index (χ2n) is 7.05. The van der Waals surface area contributed by atoms with Gasteiger partial charge in [-0.3, -0.25) is 0 Å². The van der Waals surface area contributed by atoms with Gasteiger partial charge in [0.25, 0.3) is 0 Å². The van der Waals surface area contributed by atoms with Crippen LogP contribution in [0.3, 0.4) is 0 Å². The number of rotatable bonds is 19. The molecule has 0 aliphatic rings. The highest BCUT2D eigenvalue weighted by Gasteiger charge is 1.94. The maximum Gasteiger partial charge on any atom is 0.0784 e. The summed E-state index contributed by atoms with van der Waals surface area (Å²) in [5.74, 6) is 0. The summed E-state index contributed by atoms with van der Waals surface area (Å²) in [7, 11) is 1.71. The molecule has 0 aromatic rings. The van der Waals surface area contributed by atoms with Gasteiger partial charge >= 0.3 is 0 Å². The number of hydrogen-bond acceptors (Lipinski definition) is 1. The third-order valence-corrected chi connectivity index (χ3v) is 4.71. The van der Waals surface area contributed by atoms with Gasteiger partial charge in [-0.2, -0.15) is 0 Å². The fraction of sp³-hybridized carbons (Fsp3) is 0.909. The predicted octanol–water partition coefficient (Wildman–Crippen LogP) is 8.19. The summed E-state index contributed by atoms with van der Waals surface area (Å²) in [6, 6.07) is 0. The lowest BCUT2D eigenvalue weighted by molar-refractivity contribution is 0.336. The summed E-state index contributed by atoms with van der Waals surface area (Å²) in [5.41, 5.74) is 0. The molecule has 0 aromatic carbocycles. The topological polar surface area (TPSA) is 9.23 Å². The average Bonchev–Trinajstić information content (AvgIpc) is 2.57. The Morgan fingerprint density at radius 3 is 1.22 bits per heavy atom. The molecular weight excluding hydrogens is 280 g/mol. The minimum absolute atomic E-state index is 1.17. The number of ether oxygens (including phenoxy) is 1. The van der Waals surface area contributed by atoms with Crippen molar-refractivity contribution in [3.8, 4) is 0 Å². The highest BCUT2D eigenvalue weighted by atomic mass is 16.5. The van der Waals surface area contributed by atoms with Gasteiger partial charge < -0.3 is 4.74 Å². The van der Waals surface area contributed by atoms with E-state index in [0.29, 0.717) is 0 Å². The maximum atomic E-state index is 4.89. The summed E-state index contributed by atoms with van der Waals surface area (Å²) < 4.78 is 4.89. The van der Waals surface area contributed by atoms with E-state index in [9.17, 15) is 0 Å². The fourth-order valence-electron chi connectivity index (χ4n) is 3.15. The van der Waals surface area contributed by atoms with Crippen molar-refractivity contribution < 1.29 is 4.74 Å². The van der Waals surface area contributed by atoms with E-state index in [-0.39, 0.29) is 0 Å². The SMILES string of the molecule is CCCCCCCCCCCCCCCCCCCC=COC. The van der Waals surface area contributed by atoms with Gasteiger partial charge in [-0.25, -0.2) is 0 Å². The van der Waals surface area contributed by atoms with E-state index in [1.165, 1.54) is 116 Å². The molecule has 0 bridgehead atoms. The van der Waals surface area contributed by atoms with Gasteiger partial charge in [0.15, 0.2) is 0 Å². The van der Waals surface area contributed by atoms with Crippen LogP contribution in [0.25, 0.3) is 0 Å². The predicted molar refractivity (Wildman–Crippen MR) is 105 cm³/mol. The van der Waals surface area contributed by atoms with E-state index >= 15 is 0 Å². The molecule has 0 fully saturated rings. The van der Waals surface area contributed by atoms with Gasteiger partial charge in [0.1, 0.15) is 0 Å². The van der Waals surface area contributed by atoms with Gasteiger partial charge in [-0.15, -0.1) is 0 Å². The molecular formula is C22H44O. The molecule has 0 aliphatic carbocycles. The van der Waals surface area contributed by atoms with Crippen molar-refractivity contribution >= 4 is 0 Å². The first-order valence-electron chi connectivity index (χ1n) is 10.6. The van der Waals surface area contributed by atoms with Crippen molar-refractivity contribution in [2.75, 3.05) is 7.11 Å². The Kier molecular flexibility index (Phi) is 21.1. The average molecular weight is 325 g/mol. The van der Waals surface area contributed by atoms with E-state index in [4.69, 9.17) is 4.74 Å². The van der Waals surface area contributed by atoms with Crippen LogP contribution in [0.2, 0.25) is 0 Å². The lowest BCUT2D eigenvalue weighted by Crippen LogP contribution is -1.83. The van der Waals surface area contributed by atoms with Crippen molar-refractivity contribution in [2.24, 2.45) is 0 Å². The molecule has 0 rings (SSSR count). The van der Waals surface area contributed by atoms with Crippen LogP contribution in [0, 0.1) is 0 Å². The second kappa shape index (κ2) is 21.5. The van der Waals surface area contributed by atoms with Gasteiger partial charge in [0, 0.05) is 0 Å². The molecule has 0 atom stereocenters. The van der Waals surface area contributed by atoms with Crippen molar-refractivity contribution in [1.29, 1.82) is 0 Å². The van der Waals surface area contributed by atoms with Crippen LogP contribution in [0.1, 0.15) is 122 Å². The first kappa shape index (κ1) is 22.5. The summed E-state index contributed by atoms with van der Waals surface area (Å²) >= 11 is 0. The Labute approximate surface area is 147 Å². The minimum atomic E-state index is 1.17. The molecule has 23 heavy (non-hydrogen) atoms. The van der Waals surface area contributed by atoms with Crippen LogP contribution >= 0.6 is 0 Å². The van der Waals surface area contributed by atoms with Gasteiger partial charge in [0.2, 0.25) is 0 Å². The van der Waals surface area contributed by atoms with E-state index in [2.05, 4.69) is 13.0 Å². The monoisotopic (exact) mass is 324 g/mol. The summed E-state index contributed by atoms with van der Waals surface area (Å²) in [5, 5.41) is 0. The number of hydrogen-bond donors (Lipinski definition) is 0. The molecule has 1 nitrogen and oxygen atoms in total. The Hall–Kier alpha value is -0.460. The lowest BCUT2D eigenvalue weighted by atomic mass is 10.0. The molecule has 0 amide bonds. The van der Waals surface area contributed by atoms with Crippen molar-refractivity contribution in [2.45, 2.75) is 122 Å². The molecule has 0 heterocycles. The third kappa shape index (κ3) is 21.5. The highest BCUT2D eigenvalue weighted by molar-refractivity contribution is 4.72. The molecule has 0 N–H and O–H groups in total. The first-order chi connectivity index (χ1) is 11.4. The van der Waals surface area contributed by atoms with E-state index in [1.54, 1.807) is 13.4 Å². The van der Waals surface area contributed by atoms with Crippen molar-refractivity contribution in [3.63, 3.8) is 0 Å². The number of allylic oxidation sites excluding steroid dienone is 1. The zero-order valence-corrected chi connectivity index (χ0v) is 16.3. The second-order valence-corrected chi connectivity index (χ2v) is 7.05. The molecule has 0 radical (unpaired) electrons. The molecule has 0 saturated heterocycles. The van der Waals surface area contributed by atoms with Crippen LogP contribution in [0.5, 0.6) is 0 Å². The summed E-state index contributed by atoms with van der Waals surface area (Å²) in [6.45, 7) is 2.29. The maximum absolute atomic E-state index is 4.89. The van der Waals surface area contributed by atoms with Gasteiger partial charge in [-0.1, -0.05) is 110 Å². The smallest absolute Gasteiger partial charge is 0.0784 e. The van der Waals surface area contributed by atoms with Crippen LogP contribution < -0.4 is 0 Å². The largest absolute Gasteiger partial charge is 0.505 e. The molecule has 0 unspecified atom stereocenters. The number of methoxy groups -OCH3 is 1. The Morgan fingerprint density at radius 1 is 0.522 bits per heavy atom. The van der Waals surface area contributed by atoms with E-state index in [0.717, 1.165) is 0 Å². The zero-order valence-electron chi connectivity index (χ0n) is 16.3. The zero-order chi connectivity index (χ0) is 16.8. The molecule has 0 spiro atoms. The van der Waals surface area contributed by atoms with E-state index in [1.807, 2.05) is 0 Å². The molecule has 138 valence electrons. The van der Waals surface area contributed by atoms with Crippen LogP contribution in [0.15, 0.2) is 12.3 Å². The molecule has 1 heteroatoms. The third-order valence-electron chi connectivity index (χ3n) is 4.71. The summed E-state index contributed by atoms with van der Waals surface area (Å²) in [4.78, 5) is 0. The Bertz CT molecular complexity index is 222. The quantitative estimate of drug-likeness (QED) is 0.172. The van der Waals surface area contributed by atoms with Crippen LogP contribution in [-0.4, -0.2) is 7.11 Å². The molecule has 0 aromatic heterocycles. The van der Waals surface area contributed by atoms with Gasteiger partial charge in [-0.05, 0) is 18.9 Å². The first-order valence-corrected chi connectivity index (χ1v) is 10.6. The summed E-state index contributed by atoms with van der Waals surface area (Å²) in [6.07, 6.45) is 29.6. The lowest BCUT2D eigenvalue weighted by Gasteiger charge is -2.03. The number of unbranched alkanes of at least 4 members (excludes halogenated alkanes) is 17. The Morgan fingerprint density at radius 2 is 0.870 bits per heavy atom. The van der Waals surface area contributed by atoms with Crippen molar-refractivity contribution in [3.05, 3.63) is 12.3 Å². The van der Waals surface area contributed by atoms with E-state index < -0.39 is 0 Å². The minimum Gasteiger partial charge on any atom is -0.505 e. The highest BCUT2D eigenvalue weighted by Crippen LogP contribution is 2.14. The normalized spacial score (nSPS) is 11.4. The standard InChI is InChI=1S/C22H44O/c1-3-4-5-6-7-8-9-10-11-12-13-14-15-16-17-18-19-20-21-22-23-2/h21-22H,3-20H2,1-2H3. The fourth-order valence-corrected chi connectivity index (χ4v) is 3.15. The van der Waals surface area contributed by atoms with Gasteiger partial charge in [0.05, 0.1) is 13.4 Å².